The Morgan fingerprint density at radius 1 is 1.14 bits per heavy atom. The molecule has 2 heterocycles. The van der Waals surface area contributed by atoms with Gasteiger partial charge in [-0.2, -0.15) is 0 Å². The predicted octanol–water partition coefficient (Wildman–Crippen LogP) is 4.79. The minimum atomic E-state index is -0.849. The first-order valence-corrected chi connectivity index (χ1v) is 12.7. The van der Waals surface area contributed by atoms with E-state index in [1.54, 1.807) is 60.3 Å². The summed E-state index contributed by atoms with van der Waals surface area (Å²) in [6.07, 6.45) is 0.691. The van der Waals surface area contributed by atoms with Crippen LogP contribution in [0.15, 0.2) is 65.6 Å². The van der Waals surface area contributed by atoms with E-state index >= 15 is 0 Å². The minimum absolute atomic E-state index is 0.0321. The molecule has 0 saturated heterocycles. The van der Waals surface area contributed by atoms with E-state index in [0.717, 1.165) is 15.3 Å². The van der Waals surface area contributed by atoms with Crippen molar-refractivity contribution in [1.82, 2.24) is 9.88 Å². The Balaban J connectivity index is 1.36. The fourth-order valence-electron chi connectivity index (χ4n) is 3.52. The molecule has 0 radical (unpaired) electrons. The zero-order valence-corrected chi connectivity index (χ0v) is 21.7. The fraction of sp³-hybridized carbons (Fsp3) is 0.231. The molecule has 36 heavy (non-hydrogen) atoms. The van der Waals surface area contributed by atoms with Crippen LogP contribution in [0.25, 0.3) is 10.2 Å². The van der Waals surface area contributed by atoms with E-state index in [9.17, 15) is 14.7 Å². The lowest BCUT2D eigenvalue weighted by Gasteiger charge is -2.13. The normalized spacial score (nSPS) is 12.0. The van der Waals surface area contributed by atoms with Gasteiger partial charge in [0, 0.05) is 29.7 Å². The van der Waals surface area contributed by atoms with Crippen LogP contribution in [0.5, 0.6) is 5.75 Å². The van der Waals surface area contributed by atoms with Gasteiger partial charge >= 0.3 is 0 Å². The number of halogens is 2. The molecule has 0 aliphatic rings. The Labute approximate surface area is 221 Å². The third kappa shape index (κ3) is 6.46. The highest BCUT2D eigenvalue weighted by Gasteiger charge is 2.17. The van der Waals surface area contributed by atoms with E-state index < -0.39 is 12.0 Å². The van der Waals surface area contributed by atoms with E-state index in [2.05, 4.69) is 5.32 Å². The molecule has 2 aromatic heterocycles. The maximum atomic E-state index is 13.0. The van der Waals surface area contributed by atoms with Crippen molar-refractivity contribution in [3.63, 3.8) is 0 Å². The molecule has 0 unspecified atom stereocenters. The third-order valence-electron chi connectivity index (χ3n) is 5.33. The summed E-state index contributed by atoms with van der Waals surface area (Å²) in [6.45, 7) is 0.570. The summed E-state index contributed by atoms with van der Waals surface area (Å²) in [5, 5.41) is 14.5. The van der Waals surface area contributed by atoms with Crippen LogP contribution >= 0.6 is 34.5 Å². The maximum absolute atomic E-state index is 13.0. The molecule has 1 amide bonds. The Hall–Kier alpha value is -2.88. The van der Waals surface area contributed by atoms with Crippen molar-refractivity contribution in [3.8, 4) is 5.75 Å². The Morgan fingerprint density at radius 2 is 1.89 bits per heavy atom. The largest absolute Gasteiger partial charge is 0.489 e. The number of carbonyl (C=O) groups is 1. The van der Waals surface area contributed by atoms with Crippen LogP contribution in [-0.2, 0) is 24.9 Å². The molecule has 0 spiro atoms. The van der Waals surface area contributed by atoms with E-state index in [1.165, 1.54) is 11.3 Å². The number of hydrogen-bond donors (Lipinski definition) is 2. The van der Waals surface area contributed by atoms with Gasteiger partial charge < -0.3 is 24.5 Å². The summed E-state index contributed by atoms with van der Waals surface area (Å²) in [5.74, 6) is 0.0456. The number of para-hydroxylation sites is 1. The van der Waals surface area contributed by atoms with Gasteiger partial charge in [-0.25, -0.2) is 0 Å². The van der Waals surface area contributed by atoms with Gasteiger partial charge in [0.15, 0.2) is 0 Å². The van der Waals surface area contributed by atoms with Gasteiger partial charge in [-0.05, 0) is 35.9 Å². The van der Waals surface area contributed by atoms with Crippen molar-refractivity contribution >= 4 is 50.7 Å². The summed E-state index contributed by atoms with van der Waals surface area (Å²) in [6, 6.07) is 15.9. The number of aliphatic hydroxyl groups excluding tert-OH is 1. The summed E-state index contributed by atoms with van der Waals surface area (Å²) in [7, 11) is 1.79. The van der Waals surface area contributed by atoms with Crippen LogP contribution in [0, 0.1) is 0 Å². The number of ether oxygens (including phenoxy) is 2. The molecule has 0 aliphatic carbocycles. The SMILES string of the molecule is Cn1cc(C(=O)NCc2ccc(Cl)cc2)c(=O)c2cc(COC[C@@H](O)COc3ccccc3Cl)sc21. The quantitative estimate of drug-likeness (QED) is 0.298. The lowest BCUT2D eigenvalue weighted by molar-refractivity contribution is 0.00628. The number of carbonyl (C=O) groups excluding carboxylic acids is 1. The highest BCUT2D eigenvalue weighted by Crippen LogP contribution is 2.25. The van der Waals surface area contributed by atoms with Gasteiger partial charge in [0.1, 0.15) is 28.9 Å². The van der Waals surface area contributed by atoms with Crippen LogP contribution in [0.2, 0.25) is 10.0 Å². The van der Waals surface area contributed by atoms with Crippen molar-refractivity contribution in [3.05, 3.63) is 97.1 Å². The molecule has 2 aromatic carbocycles. The molecule has 0 bridgehead atoms. The van der Waals surface area contributed by atoms with Gasteiger partial charge in [-0.1, -0.05) is 47.5 Å². The topological polar surface area (TPSA) is 89.8 Å². The van der Waals surface area contributed by atoms with Gasteiger partial charge in [-0.15, -0.1) is 11.3 Å². The smallest absolute Gasteiger partial charge is 0.257 e. The van der Waals surface area contributed by atoms with Crippen LogP contribution in [0.3, 0.4) is 0 Å². The number of nitrogens with one attached hydrogen (secondary N) is 1. The molecule has 188 valence electrons. The maximum Gasteiger partial charge on any atom is 0.257 e. The summed E-state index contributed by atoms with van der Waals surface area (Å²) in [4.78, 5) is 27.3. The number of rotatable bonds is 10. The van der Waals surface area contributed by atoms with Gasteiger partial charge in [-0.3, -0.25) is 9.59 Å². The standard InChI is InChI=1S/C26H24Cl2N2O5S/c1-30-12-21(25(33)29-11-16-6-8-17(27)9-7-16)24(32)20-10-19(36-26(20)30)15-34-13-18(31)14-35-23-5-3-2-4-22(23)28/h2-10,12,18,31H,11,13-15H2,1H3,(H,29,33)/t18-/m1/s1. The van der Waals surface area contributed by atoms with Crippen LogP contribution in [0.4, 0.5) is 0 Å². The van der Waals surface area contributed by atoms with Crippen molar-refractivity contribution in [2.24, 2.45) is 7.05 Å². The van der Waals surface area contributed by atoms with E-state index in [1.807, 2.05) is 12.1 Å². The van der Waals surface area contributed by atoms with Crippen molar-refractivity contribution in [1.29, 1.82) is 0 Å². The van der Waals surface area contributed by atoms with Gasteiger partial charge in [0.05, 0.1) is 23.6 Å². The molecule has 7 nitrogen and oxygen atoms in total. The summed E-state index contributed by atoms with van der Waals surface area (Å²) < 4.78 is 12.9. The molecular weight excluding hydrogens is 523 g/mol. The average Bonchev–Trinajstić information content (AvgIpc) is 3.30. The second kappa shape index (κ2) is 11.9. The number of fused-ring (bicyclic) bond motifs is 1. The molecule has 4 aromatic rings. The molecular formula is C26H24Cl2N2O5S. The Morgan fingerprint density at radius 3 is 2.64 bits per heavy atom. The van der Waals surface area contributed by atoms with Crippen LogP contribution in [0.1, 0.15) is 20.8 Å². The Bertz CT molecular complexity index is 1420. The third-order valence-corrected chi connectivity index (χ3v) is 7.09. The first kappa shape index (κ1) is 26.2. The number of pyridine rings is 1. The van der Waals surface area contributed by atoms with E-state index in [-0.39, 0.29) is 37.4 Å². The minimum Gasteiger partial charge on any atom is -0.489 e. The van der Waals surface area contributed by atoms with Crippen molar-refractivity contribution < 1.29 is 19.4 Å². The number of thiophene rings is 1. The zero-order valence-electron chi connectivity index (χ0n) is 19.4. The molecule has 1 atom stereocenters. The molecule has 0 aliphatic heterocycles. The second-order valence-corrected chi connectivity index (χ2v) is 10.1. The highest BCUT2D eigenvalue weighted by atomic mass is 35.5. The first-order chi connectivity index (χ1) is 17.3. The predicted molar refractivity (Wildman–Crippen MR) is 142 cm³/mol. The number of aliphatic hydroxyl groups is 1. The number of amides is 1. The number of aryl methyl sites for hydroxylation is 1. The average molecular weight is 547 g/mol. The molecule has 10 heteroatoms. The number of aromatic nitrogens is 1. The molecule has 0 fully saturated rings. The van der Waals surface area contributed by atoms with E-state index in [4.69, 9.17) is 32.7 Å². The lowest BCUT2D eigenvalue weighted by atomic mass is 10.2. The van der Waals surface area contributed by atoms with Crippen LogP contribution < -0.4 is 15.5 Å². The van der Waals surface area contributed by atoms with E-state index in [0.29, 0.717) is 21.2 Å². The molecule has 4 rings (SSSR count). The van der Waals surface area contributed by atoms with Crippen molar-refractivity contribution in [2.75, 3.05) is 13.2 Å². The lowest BCUT2D eigenvalue weighted by Crippen LogP contribution is -2.29. The van der Waals surface area contributed by atoms with Gasteiger partial charge in [0.2, 0.25) is 5.43 Å². The summed E-state index contributed by atoms with van der Waals surface area (Å²) in [5.41, 5.74) is 0.601. The van der Waals surface area contributed by atoms with Gasteiger partial charge in [0.25, 0.3) is 5.91 Å². The summed E-state index contributed by atoms with van der Waals surface area (Å²) >= 11 is 13.3. The highest BCUT2D eigenvalue weighted by molar-refractivity contribution is 7.18. The number of hydrogen-bond acceptors (Lipinski definition) is 6. The van der Waals surface area contributed by atoms with Crippen molar-refractivity contribution in [2.45, 2.75) is 19.3 Å². The molecule has 2 N–H and O–H groups in total. The first-order valence-electron chi connectivity index (χ1n) is 11.1. The zero-order chi connectivity index (χ0) is 25.7. The Kier molecular flexibility index (Phi) is 8.66. The molecule has 0 saturated carbocycles. The number of benzene rings is 2. The number of nitrogens with zero attached hydrogens (tertiary/aromatic N) is 1. The fourth-order valence-corrected chi connectivity index (χ4v) is 4.86. The monoisotopic (exact) mass is 546 g/mol. The second-order valence-electron chi connectivity index (χ2n) is 8.13. The van der Waals surface area contributed by atoms with Crippen LogP contribution in [-0.4, -0.2) is 34.9 Å².